The lowest BCUT2D eigenvalue weighted by atomic mass is 10.0. The van der Waals surface area contributed by atoms with Gasteiger partial charge < -0.3 is 9.97 Å². The highest BCUT2D eigenvalue weighted by molar-refractivity contribution is 6.52. The molecule has 2 aliphatic rings. The molecule has 0 radical (unpaired) electrons. The summed E-state index contributed by atoms with van der Waals surface area (Å²) < 4.78 is 0. The molecule has 6 heteroatoms. The Kier molecular flexibility index (Phi) is 7.54. The lowest BCUT2D eigenvalue weighted by Crippen LogP contribution is -1.90. The van der Waals surface area contributed by atoms with Crippen molar-refractivity contribution in [1.29, 1.82) is 0 Å². The molecule has 238 valence electrons. The second kappa shape index (κ2) is 12.5. The molecule has 3 aromatic heterocycles. The highest BCUT2D eigenvalue weighted by Crippen LogP contribution is 2.42. The van der Waals surface area contributed by atoms with Crippen molar-refractivity contribution < 1.29 is 0 Å². The Hall–Kier alpha value is -5.94. The zero-order chi connectivity index (χ0) is 33.6. The summed E-state index contributed by atoms with van der Waals surface area (Å²) in [7, 11) is 0. The van der Waals surface area contributed by atoms with Gasteiger partial charge in [-0.05, 0) is 58.7 Å². The Bertz CT molecular complexity index is 2450. The molecule has 7 aromatic rings. The van der Waals surface area contributed by atoms with E-state index < -0.39 is 0 Å². The third-order valence-electron chi connectivity index (χ3n) is 9.13. The van der Waals surface area contributed by atoms with Gasteiger partial charge in [0, 0.05) is 44.3 Å². The van der Waals surface area contributed by atoms with Gasteiger partial charge in [-0.25, -0.2) is 9.97 Å². The Morgan fingerprint density at radius 2 is 0.620 bits per heavy atom. The average molecular weight is 684 g/mol. The van der Waals surface area contributed by atoms with Gasteiger partial charge in [-0.2, -0.15) is 0 Å². The molecule has 2 aliphatic heterocycles. The monoisotopic (exact) mass is 682 g/mol. The normalized spacial score (nSPS) is 12.4. The van der Waals surface area contributed by atoms with E-state index in [1.165, 1.54) is 0 Å². The minimum absolute atomic E-state index is 0.567. The van der Waals surface area contributed by atoms with Crippen molar-refractivity contribution in [1.82, 2.24) is 19.9 Å². The van der Waals surface area contributed by atoms with Crippen LogP contribution in [0.3, 0.4) is 0 Å². The SMILES string of the molecule is ClC1=Cc2nc1c(-c1ccccc1)c1ccc([nH]1)c(-c1ccccc1)c1nc(c(-c3ccccc3)c3ccc([nH]3)c2-c2ccccc2)C(Cl)=C1. The summed E-state index contributed by atoms with van der Waals surface area (Å²) in [6.45, 7) is 0. The van der Waals surface area contributed by atoms with Crippen LogP contribution in [0.1, 0.15) is 22.8 Å². The highest BCUT2D eigenvalue weighted by Gasteiger charge is 2.23. The van der Waals surface area contributed by atoms with Crippen LogP contribution >= 0.6 is 23.2 Å². The van der Waals surface area contributed by atoms with Gasteiger partial charge in [0.15, 0.2) is 0 Å². The molecule has 4 nitrogen and oxygen atoms in total. The topological polar surface area (TPSA) is 57.4 Å². The molecular weight excluding hydrogens is 655 g/mol. The van der Waals surface area contributed by atoms with E-state index in [0.29, 0.717) is 21.5 Å². The maximum atomic E-state index is 7.19. The fourth-order valence-corrected chi connectivity index (χ4v) is 7.39. The fourth-order valence-electron chi connectivity index (χ4n) is 6.91. The molecule has 0 amide bonds. The van der Waals surface area contributed by atoms with Crippen LogP contribution in [0.5, 0.6) is 0 Å². The number of benzene rings is 4. The predicted molar refractivity (Wildman–Crippen MR) is 210 cm³/mol. The Morgan fingerprint density at radius 3 is 0.940 bits per heavy atom. The summed E-state index contributed by atoms with van der Waals surface area (Å²) in [5.74, 6) is 0. The number of aromatic amines is 2. The number of H-pyrrole nitrogens is 2. The second-order valence-electron chi connectivity index (χ2n) is 12.2. The number of fused-ring (bicyclic) bond motifs is 8. The van der Waals surface area contributed by atoms with Crippen LogP contribution in [0.15, 0.2) is 146 Å². The van der Waals surface area contributed by atoms with E-state index in [-0.39, 0.29) is 0 Å². The molecule has 0 saturated carbocycles. The molecule has 0 saturated heterocycles. The number of nitrogens with zero attached hydrogens (tertiary/aromatic N) is 2. The summed E-state index contributed by atoms with van der Waals surface area (Å²) >= 11 is 14.4. The molecule has 9 rings (SSSR count). The van der Waals surface area contributed by atoms with E-state index >= 15 is 0 Å². The lowest BCUT2D eigenvalue weighted by Gasteiger charge is -2.07. The van der Waals surface area contributed by atoms with Crippen LogP contribution in [0.2, 0.25) is 0 Å². The molecule has 4 aromatic carbocycles. The summed E-state index contributed by atoms with van der Waals surface area (Å²) in [6, 6.07) is 49.5. The third-order valence-corrected chi connectivity index (χ3v) is 9.71. The van der Waals surface area contributed by atoms with Gasteiger partial charge in [-0.15, -0.1) is 0 Å². The van der Waals surface area contributed by atoms with Gasteiger partial charge in [0.1, 0.15) is 0 Å². The quantitative estimate of drug-likeness (QED) is 0.194. The van der Waals surface area contributed by atoms with E-state index in [2.05, 4.69) is 82.8 Å². The molecule has 50 heavy (non-hydrogen) atoms. The smallest absolute Gasteiger partial charge is 0.0923 e. The van der Waals surface area contributed by atoms with Gasteiger partial charge in [0.2, 0.25) is 0 Å². The number of hydrogen-bond acceptors (Lipinski definition) is 2. The van der Waals surface area contributed by atoms with Crippen molar-refractivity contribution in [2.45, 2.75) is 0 Å². The van der Waals surface area contributed by atoms with Crippen LogP contribution in [0, 0.1) is 0 Å². The van der Waals surface area contributed by atoms with Gasteiger partial charge >= 0.3 is 0 Å². The van der Waals surface area contributed by atoms with Gasteiger partial charge in [0.25, 0.3) is 0 Å². The van der Waals surface area contributed by atoms with Crippen molar-refractivity contribution >= 4 is 67.5 Å². The molecule has 0 aliphatic carbocycles. The van der Waals surface area contributed by atoms with Crippen molar-refractivity contribution in [3.63, 3.8) is 0 Å². The highest BCUT2D eigenvalue weighted by atomic mass is 35.5. The maximum Gasteiger partial charge on any atom is 0.0923 e. The van der Waals surface area contributed by atoms with E-state index in [9.17, 15) is 0 Å². The summed E-state index contributed by atoms with van der Waals surface area (Å²) in [5.41, 5.74) is 14.2. The molecular formula is C44H28Cl2N4. The number of hydrogen-bond donors (Lipinski definition) is 2. The fraction of sp³-hybridized carbons (Fsp3) is 0. The largest absolute Gasteiger partial charge is 0.354 e. The summed E-state index contributed by atoms with van der Waals surface area (Å²) in [5, 5.41) is 1.13. The summed E-state index contributed by atoms with van der Waals surface area (Å²) in [4.78, 5) is 18.1. The number of halogens is 2. The van der Waals surface area contributed by atoms with E-state index in [0.717, 1.165) is 78.0 Å². The maximum absolute atomic E-state index is 7.19. The Labute approximate surface area is 299 Å². The third kappa shape index (κ3) is 5.26. The number of nitrogens with one attached hydrogen (secondary N) is 2. The van der Waals surface area contributed by atoms with Crippen LogP contribution < -0.4 is 0 Å². The molecule has 0 unspecified atom stereocenters. The van der Waals surface area contributed by atoms with Gasteiger partial charge in [-0.3, -0.25) is 0 Å². The van der Waals surface area contributed by atoms with Crippen molar-refractivity contribution in [2.24, 2.45) is 0 Å². The average Bonchev–Trinajstić information content (AvgIpc) is 3.97. The van der Waals surface area contributed by atoms with E-state index in [4.69, 9.17) is 33.2 Å². The second-order valence-corrected chi connectivity index (χ2v) is 13.0. The zero-order valence-electron chi connectivity index (χ0n) is 26.7. The van der Waals surface area contributed by atoms with E-state index in [1.807, 2.05) is 84.9 Å². The zero-order valence-corrected chi connectivity index (χ0v) is 28.2. The first-order valence-corrected chi connectivity index (χ1v) is 17.1. The van der Waals surface area contributed by atoms with Crippen LogP contribution in [0.25, 0.3) is 88.8 Å². The molecule has 8 bridgehead atoms. The molecule has 5 heterocycles. The van der Waals surface area contributed by atoms with Crippen LogP contribution in [-0.2, 0) is 0 Å². The van der Waals surface area contributed by atoms with Crippen LogP contribution in [0.4, 0.5) is 0 Å². The molecule has 0 spiro atoms. The predicted octanol–water partition coefficient (Wildman–Crippen LogP) is 12.5. The van der Waals surface area contributed by atoms with Crippen molar-refractivity contribution in [3.8, 4) is 44.5 Å². The van der Waals surface area contributed by atoms with Crippen molar-refractivity contribution in [2.75, 3.05) is 0 Å². The minimum Gasteiger partial charge on any atom is -0.354 e. The summed E-state index contributed by atoms with van der Waals surface area (Å²) in [6.07, 6.45) is 3.94. The van der Waals surface area contributed by atoms with Crippen molar-refractivity contribution in [3.05, 3.63) is 168 Å². The number of aromatic nitrogens is 4. The van der Waals surface area contributed by atoms with Crippen LogP contribution in [-0.4, -0.2) is 19.9 Å². The van der Waals surface area contributed by atoms with Gasteiger partial charge in [0.05, 0.1) is 32.8 Å². The first-order chi connectivity index (χ1) is 24.6. The Balaban J connectivity index is 1.52. The minimum atomic E-state index is 0.567. The molecule has 0 atom stereocenters. The lowest BCUT2D eigenvalue weighted by molar-refractivity contribution is 1.31. The van der Waals surface area contributed by atoms with E-state index in [1.54, 1.807) is 0 Å². The van der Waals surface area contributed by atoms with Gasteiger partial charge in [-0.1, -0.05) is 145 Å². The number of rotatable bonds is 4. The Morgan fingerprint density at radius 1 is 0.340 bits per heavy atom. The molecule has 0 fully saturated rings. The standard InChI is InChI=1S/C44H28Cl2N4/c45-31-25-37-39(27-13-5-1-6-14-27)33-21-23-35(47-33)41(29-17-9-3-10-18-29)44-32(46)26-38(50-44)40(28-15-7-2-8-16-28)34-22-24-36(48-34)42(43(31)49-37)30-19-11-4-12-20-30/h1-26,47-48H. The first-order valence-electron chi connectivity index (χ1n) is 16.4. The molecule has 2 N–H and O–H groups in total. The first kappa shape index (κ1) is 30.1.